The fourth-order valence-corrected chi connectivity index (χ4v) is 2.14. The van der Waals surface area contributed by atoms with Crippen molar-refractivity contribution in [3.05, 3.63) is 0 Å². The molecule has 2 amide bonds. The minimum absolute atomic E-state index is 0.152. The molecule has 1 heterocycles. The zero-order valence-electron chi connectivity index (χ0n) is 13.6. The van der Waals surface area contributed by atoms with E-state index in [2.05, 4.69) is 16.0 Å². The zero-order chi connectivity index (χ0) is 15.9. The number of carbonyl (C=O) groups is 2. The lowest BCUT2D eigenvalue weighted by molar-refractivity contribution is -0.130. The molecule has 21 heavy (non-hydrogen) atoms. The van der Waals surface area contributed by atoms with Crippen molar-refractivity contribution in [2.24, 2.45) is 0 Å². The van der Waals surface area contributed by atoms with Crippen LogP contribution in [0.2, 0.25) is 0 Å². The third kappa shape index (κ3) is 8.02. The molecule has 1 saturated heterocycles. The summed E-state index contributed by atoms with van der Waals surface area (Å²) in [7, 11) is 0. The smallest absolute Gasteiger partial charge is 0.242 e. The molecule has 1 aliphatic rings. The second-order valence-corrected chi connectivity index (χ2v) is 6.60. The van der Waals surface area contributed by atoms with Gasteiger partial charge in [0.25, 0.3) is 0 Å². The Morgan fingerprint density at radius 3 is 2.48 bits per heavy atom. The van der Waals surface area contributed by atoms with Crippen molar-refractivity contribution in [1.82, 2.24) is 16.0 Å². The lowest BCUT2D eigenvalue weighted by Gasteiger charge is -2.24. The highest BCUT2D eigenvalue weighted by Crippen LogP contribution is 2.07. The fourth-order valence-electron chi connectivity index (χ4n) is 2.14. The van der Waals surface area contributed by atoms with Crippen LogP contribution in [-0.4, -0.2) is 49.2 Å². The van der Waals surface area contributed by atoms with Gasteiger partial charge in [-0.1, -0.05) is 0 Å². The van der Waals surface area contributed by atoms with Crippen molar-refractivity contribution in [3.8, 4) is 0 Å². The molecule has 1 unspecified atom stereocenters. The Labute approximate surface area is 127 Å². The van der Waals surface area contributed by atoms with Crippen LogP contribution in [0.15, 0.2) is 0 Å². The first-order chi connectivity index (χ1) is 9.78. The summed E-state index contributed by atoms with van der Waals surface area (Å²) in [5.74, 6) is -0.324. The first-order valence-corrected chi connectivity index (χ1v) is 7.71. The average molecular weight is 299 g/mol. The quantitative estimate of drug-likeness (QED) is 0.670. The summed E-state index contributed by atoms with van der Waals surface area (Å²) in [6.07, 6.45) is 2.52. The van der Waals surface area contributed by atoms with Gasteiger partial charge in [-0.2, -0.15) is 0 Å². The van der Waals surface area contributed by atoms with Gasteiger partial charge in [-0.25, -0.2) is 0 Å². The highest BCUT2D eigenvalue weighted by Gasteiger charge is 2.20. The van der Waals surface area contributed by atoms with Crippen LogP contribution in [0.4, 0.5) is 0 Å². The molecule has 0 aromatic carbocycles. The molecule has 122 valence electrons. The lowest BCUT2D eigenvalue weighted by atomic mass is 10.1. The molecule has 0 spiro atoms. The van der Waals surface area contributed by atoms with E-state index in [-0.39, 0.29) is 29.9 Å². The van der Waals surface area contributed by atoms with Crippen molar-refractivity contribution in [1.29, 1.82) is 0 Å². The molecule has 1 aliphatic heterocycles. The van der Waals surface area contributed by atoms with E-state index in [4.69, 9.17) is 4.74 Å². The summed E-state index contributed by atoms with van der Waals surface area (Å²) in [5.41, 5.74) is -0.297. The van der Waals surface area contributed by atoms with Gasteiger partial charge in [0.15, 0.2) is 0 Å². The van der Waals surface area contributed by atoms with Crippen LogP contribution in [0.1, 0.15) is 47.0 Å². The Morgan fingerprint density at radius 1 is 1.29 bits per heavy atom. The maximum Gasteiger partial charge on any atom is 0.242 e. The first-order valence-electron chi connectivity index (χ1n) is 7.71. The Balaban J connectivity index is 2.18. The summed E-state index contributed by atoms with van der Waals surface area (Å²) < 4.78 is 5.67. The van der Waals surface area contributed by atoms with E-state index in [1.165, 1.54) is 0 Å². The van der Waals surface area contributed by atoms with Crippen LogP contribution in [0.3, 0.4) is 0 Å². The predicted octanol–water partition coefficient (Wildman–Crippen LogP) is 0.565. The number of ether oxygens (including phenoxy) is 1. The largest absolute Gasteiger partial charge is 0.378 e. The van der Waals surface area contributed by atoms with E-state index >= 15 is 0 Å². The molecular weight excluding hydrogens is 270 g/mol. The van der Waals surface area contributed by atoms with E-state index in [0.29, 0.717) is 6.61 Å². The summed E-state index contributed by atoms with van der Waals surface area (Å²) in [6.45, 7) is 9.77. The van der Waals surface area contributed by atoms with Gasteiger partial charge in [-0.05, 0) is 53.6 Å². The number of piperidine rings is 1. The topological polar surface area (TPSA) is 79.5 Å². The van der Waals surface area contributed by atoms with Crippen LogP contribution in [0, 0.1) is 0 Å². The third-order valence-corrected chi connectivity index (χ3v) is 3.24. The average Bonchev–Trinajstić information content (AvgIpc) is 2.37. The summed E-state index contributed by atoms with van der Waals surface area (Å²) in [6, 6.07) is -0.532. The Hall–Kier alpha value is -1.14. The minimum Gasteiger partial charge on any atom is -0.378 e. The first kappa shape index (κ1) is 17.9. The molecule has 1 fully saturated rings. The lowest BCUT2D eigenvalue weighted by Crippen LogP contribution is -2.51. The van der Waals surface area contributed by atoms with Crippen LogP contribution in [0.5, 0.6) is 0 Å². The van der Waals surface area contributed by atoms with Crippen LogP contribution in [-0.2, 0) is 14.3 Å². The molecule has 3 N–H and O–H groups in total. The van der Waals surface area contributed by atoms with Gasteiger partial charge in [0.1, 0.15) is 6.04 Å². The van der Waals surface area contributed by atoms with Gasteiger partial charge >= 0.3 is 0 Å². The molecule has 1 atom stereocenters. The fraction of sp³-hybridized carbons (Fsp3) is 0.867. The van der Waals surface area contributed by atoms with Gasteiger partial charge in [-0.3, -0.25) is 9.59 Å². The van der Waals surface area contributed by atoms with Crippen LogP contribution >= 0.6 is 0 Å². The Kier molecular flexibility index (Phi) is 7.11. The second-order valence-electron chi connectivity index (χ2n) is 6.60. The van der Waals surface area contributed by atoms with Crippen molar-refractivity contribution in [2.45, 2.75) is 64.6 Å². The summed E-state index contributed by atoms with van der Waals surface area (Å²) in [4.78, 5) is 23.6. The standard InChI is InChI=1S/C15H29N3O3/c1-11(14(20)18-15(2,3)4)17-13(19)7-10-21-12-5-8-16-9-6-12/h11-12,16H,5-10H2,1-4H3,(H,17,19)(H,18,20). The molecule has 6 heteroatoms. The van der Waals surface area contributed by atoms with Gasteiger partial charge < -0.3 is 20.7 Å². The van der Waals surface area contributed by atoms with Gasteiger partial charge in [0.05, 0.1) is 12.7 Å². The number of nitrogens with one attached hydrogen (secondary N) is 3. The number of hydrogen-bond acceptors (Lipinski definition) is 4. The highest BCUT2D eigenvalue weighted by atomic mass is 16.5. The van der Waals surface area contributed by atoms with E-state index in [0.717, 1.165) is 25.9 Å². The van der Waals surface area contributed by atoms with E-state index in [1.54, 1.807) is 6.92 Å². The van der Waals surface area contributed by atoms with Crippen molar-refractivity contribution < 1.29 is 14.3 Å². The zero-order valence-corrected chi connectivity index (χ0v) is 13.6. The van der Waals surface area contributed by atoms with E-state index < -0.39 is 6.04 Å². The van der Waals surface area contributed by atoms with Crippen molar-refractivity contribution >= 4 is 11.8 Å². The minimum atomic E-state index is -0.532. The maximum absolute atomic E-state index is 11.9. The third-order valence-electron chi connectivity index (χ3n) is 3.24. The molecule has 0 radical (unpaired) electrons. The molecule has 0 bridgehead atoms. The SMILES string of the molecule is CC(NC(=O)CCOC1CCNCC1)C(=O)NC(C)(C)C. The highest BCUT2D eigenvalue weighted by molar-refractivity contribution is 5.87. The predicted molar refractivity (Wildman–Crippen MR) is 82.0 cm³/mol. The van der Waals surface area contributed by atoms with Crippen molar-refractivity contribution in [3.63, 3.8) is 0 Å². The van der Waals surface area contributed by atoms with Crippen LogP contribution < -0.4 is 16.0 Å². The molecule has 0 aliphatic carbocycles. The van der Waals surface area contributed by atoms with E-state index in [1.807, 2.05) is 20.8 Å². The number of amides is 2. The van der Waals surface area contributed by atoms with Crippen molar-refractivity contribution in [2.75, 3.05) is 19.7 Å². The molecular formula is C15H29N3O3. The summed E-state index contributed by atoms with van der Waals surface area (Å²) >= 11 is 0. The number of hydrogen-bond donors (Lipinski definition) is 3. The Morgan fingerprint density at radius 2 is 1.90 bits per heavy atom. The van der Waals surface area contributed by atoms with Gasteiger partial charge in [0.2, 0.25) is 11.8 Å². The molecule has 1 rings (SSSR count). The van der Waals surface area contributed by atoms with Crippen LogP contribution in [0.25, 0.3) is 0 Å². The number of carbonyl (C=O) groups excluding carboxylic acids is 2. The Bertz CT molecular complexity index is 347. The van der Waals surface area contributed by atoms with Gasteiger partial charge in [-0.15, -0.1) is 0 Å². The molecule has 6 nitrogen and oxygen atoms in total. The second kappa shape index (κ2) is 8.34. The number of rotatable bonds is 6. The molecule has 0 aromatic rings. The maximum atomic E-state index is 11.9. The molecule has 0 aromatic heterocycles. The van der Waals surface area contributed by atoms with E-state index in [9.17, 15) is 9.59 Å². The van der Waals surface area contributed by atoms with Gasteiger partial charge in [0, 0.05) is 12.0 Å². The monoisotopic (exact) mass is 299 g/mol. The normalized spacial score (nSPS) is 18.1. The molecule has 0 saturated carbocycles. The summed E-state index contributed by atoms with van der Waals surface area (Å²) in [5, 5.41) is 8.80.